The van der Waals surface area contributed by atoms with Crippen LogP contribution in [0.5, 0.6) is 0 Å². The van der Waals surface area contributed by atoms with E-state index in [0.29, 0.717) is 5.92 Å². The van der Waals surface area contributed by atoms with Gasteiger partial charge >= 0.3 is 0 Å². The first-order chi connectivity index (χ1) is 11.9. The number of hydrogen-bond donors (Lipinski definition) is 1. The third-order valence-corrected chi connectivity index (χ3v) is 5.12. The molecule has 25 heavy (non-hydrogen) atoms. The second kappa shape index (κ2) is 9.16. The average Bonchev–Trinajstić information content (AvgIpc) is 2.59. The van der Waals surface area contributed by atoms with Crippen molar-refractivity contribution in [3.63, 3.8) is 0 Å². The van der Waals surface area contributed by atoms with Crippen LogP contribution in [-0.2, 0) is 0 Å². The number of halogens is 1. The fourth-order valence-corrected chi connectivity index (χ4v) is 3.15. The number of thiocarbonyl (C=S) groups is 1. The molecule has 0 saturated heterocycles. The SMILES string of the molecule is Cc1c(Cl)cccc1NC(=S)N(CCC(C)C)C(C)c1ccncc1. The summed E-state index contributed by atoms with van der Waals surface area (Å²) in [6.45, 7) is 9.53. The highest BCUT2D eigenvalue weighted by Crippen LogP contribution is 2.26. The number of aromatic nitrogens is 1. The first-order valence-corrected chi connectivity index (χ1v) is 9.41. The summed E-state index contributed by atoms with van der Waals surface area (Å²) in [6, 6.07) is 10.1. The maximum atomic E-state index is 6.23. The van der Waals surface area contributed by atoms with E-state index in [1.165, 1.54) is 5.56 Å². The minimum atomic E-state index is 0.168. The van der Waals surface area contributed by atoms with Crippen LogP contribution in [0.2, 0.25) is 5.02 Å². The largest absolute Gasteiger partial charge is 0.342 e. The number of hydrogen-bond acceptors (Lipinski definition) is 2. The Morgan fingerprint density at radius 2 is 1.88 bits per heavy atom. The average molecular weight is 376 g/mol. The lowest BCUT2D eigenvalue weighted by Crippen LogP contribution is -2.38. The third-order valence-electron chi connectivity index (χ3n) is 4.37. The summed E-state index contributed by atoms with van der Waals surface area (Å²) in [5, 5.41) is 4.84. The molecule has 0 aliphatic carbocycles. The number of anilines is 1. The van der Waals surface area contributed by atoms with Crippen molar-refractivity contribution >= 4 is 34.6 Å². The zero-order chi connectivity index (χ0) is 18.4. The van der Waals surface area contributed by atoms with E-state index < -0.39 is 0 Å². The molecule has 0 aliphatic heterocycles. The summed E-state index contributed by atoms with van der Waals surface area (Å²) in [6.07, 6.45) is 4.72. The van der Waals surface area contributed by atoms with Crippen LogP contribution in [-0.4, -0.2) is 21.5 Å². The fourth-order valence-electron chi connectivity index (χ4n) is 2.62. The molecule has 1 atom stereocenters. The Kier molecular flexibility index (Phi) is 7.21. The third kappa shape index (κ3) is 5.41. The molecule has 134 valence electrons. The first kappa shape index (κ1) is 19.7. The highest BCUT2D eigenvalue weighted by Gasteiger charge is 2.19. The van der Waals surface area contributed by atoms with Gasteiger partial charge < -0.3 is 10.2 Å². The molecule has 0 amide bonds. The van der Waals surface area contributed by atoms with Crippen LogP contribution in [0.25, 0.3) is 0 Å². The Bertz CT molecular complexity index is 703. The highest BCUT2D eigenvalue weighted by atomic mass is 35.5. The van der Waals surface area contributed by atoms with Gasteiger partial charge in [0.25, 0.3) is 0 Å². The van der Waals surface area contributed by atoms with E-state index in [1.807, 2.05) is 49.6 Å². The van der Waals surface area contributed by atoms with Gasteiger partial charge in [0.1, 0.15) is 0 Å². The zero-order valence-corrected chi connectivity index (χ0v) is 16.9. The maximum absolute atomic E-state index is 6.23. The number of rotatable bonds is 6. The van der Waals surface area contributed by atoms with Crippen molar-refractivity contribution in [1.29, 1.82) is 0 Å². The predicted molar refractivity (Wildman–Crippen MR) is 111 cm³/mol. The molecular formula is C20H26ClN3S. The van der Waals surface area contributed by atoms with Gasteiger partial charge in [-0.15, -0.1) is 0 Å². The van der Waals surface area contributed by atoms with Gasteiger partial charge in [0.2, 0.25) is 0 Å². The van der Waals surface area contributed by atoms with Crippen molar-refractivity contribution in [3.05, 3.63) is 58.9 Å². The maximum Gasteiger partial charge on any atom is 0.173 e. The van der Waals surface area contributed by atoms with E-state index in [4.69, 9.17) is 23.8 Å². The van der Waals surface area contributed by atoms with E-state index in [2.05, 4.69) is 36.0 Å². The molecule has 1 N–H and O–H groups in total. The lowest BCUT2D eigenvalue weighted by Gasteiger charge is -2.33. The fraction of sp³-hybridized carbons (Fsp3) is 0.400. The summed E-state index contributed by atoms with van der Waals surface area (Å²) in [7, 11) is 0. The van der Waals surface area contributed by atoms with Crippen LogP contribution in [0.3, 0.4) is 0 Å². The summed E-state index contributed by atoms with van der Waals surface area (Å²) in [5.74, 6) is 0.614. The van der Waals surface area contributed by atoms with Crippen molar-refractivity contribution in [1.82, 2.24) is 9.88 Å². The summed E-state index contributed by atoms with van der Waals surface area (Å²) >= 11 is 12.0. The molecule has 5 heteroatoms. The molecule has 0 radical (unpaired) electrons. The highest BCUT2D eigenvalue weighted by molar-refractivity contribution is 7.80. The molecule has 1 aromatic heterocycles. The van der Waals surface area contributed by atoms with Gasteiger partial charge in [-0.05, 0) is 73.8 Å². The standard InChI is InChI=1S/C20H26ClN3S/c1-14(2)10-13-24(16(4)17-8-11-22-12-9-17)20(25)23-19-7-5-6-18(21)15(19)3/h5-9,11-12,14,16H,10,13H2,1-4H3,(H,23,25). The van der Waals surface area contributed by atoms with Crippen LogP contribution in [0.1, 0.15) is 44.4 Å². The summed E-state index contributed by atoms with van der Waals surface area (Å²) in [4.78, 5) is 6.35. The van der Waals surface area contributed by atoms with Crippen molar-refractivity contribution < 1.29 is 0 Å². The Morgan fingerprint density at radius 3 is 2.52 bits per heavy atom. The Balaban J connectivity index is 2.21. The molecule has 2 aromatic rings. The molecule has 1 unspecified atom stereocenters. The minimum Gasteiger partial charge on any atom is -0.342 e. The lowest BCUT2D eigenvalue weighted by atomic mass is 10.1. The van der Waals surface area contributed by atoms with Crippen molar-refractivity contribution in [2.45, 2.75) is 40.2 Å². The van der Waals surface area contributed by atoms with Gasteiger partial charge in [0, 0.05) is 29.6 Å². The van der Waals surface area contributed by atoms with Crippen LogP contribution in [0, 0.1) is 12.8 Å². The van der Waals surface area contributed by atoms with Crippen LogP contribution in [0.4, 0.5) is 5.69 Å². The van der Waals surface area contributed by atoms with Crippen molar-refractivity contribution in [2.75, 3.05) is 11.9 Å². The zero-order valence-electron chi connectivity index (χ0n) is 15.3. The molecule has 3 nitrogen and oxygen atoms in total. The first-order valence-electron chi connectivity index (χ1n) is 8.62. The topological polar surface area (TPSA) is 28.2 Å². The Hall–Kier alpha value is -1.65. The van der Waals surface area contributed by atoms with Gasteiger partial charge in [-0.25, -0.2) is 0 Å². The second-order valence-corrected chi connectivity index (χ2v) is 7.47. The molecule has 0 spiro atoms. The molecule has 1 aromatic carbocycles. The van der Waals surface area contributed by atoms with E-state index in [0.717, 1.165) is 34.4 Å². The van der Waals surface area contributed by atoms with Gasteiger partial charge in [0.05, 0.1) is 6.04 Å². The molecule has 0 bridgehead atoms. The second-order valence-electron chi connectivity index (χ2n) is 6.67. The van der Waals surface area contributed by atoms with Gasteiger partial charge in [0.15, 0.2) is 5.11 Å². The number of benzene rings is 1. The molecule has 1 heterocycles. The molecular weight excluding hydrogens is 350 g/mol. The quantitative estimate of drug-likeness (QED) is 0.641. The molecule has 0 saturated carbocycles. The van der Waals surface area contributed by atoms with E-state index in [1.54, 1.807) is 0 Å². The Morgan fingerprint density at radius 1 is 1.20 bits per heavy atom. The molecule has 0 fully saturated rings. The predicted octanol–water partition coefficient (Wildman–Crippen LogP) is 5.85. The van der Waals surface area contributed by atoms with Crippen molar-refractivity contribution in [3.8, 4) is 0 Å². The van der Waals surface area contributed by atoms with Crippen LogP contribution >= 0.6 is 23.8 Å². The number of nitrogens with zero attached hydrogens (tertiary/aromatic N) is 2. The monoisotopic (exact) mass is 375 g/mol. The van der Waals surface area contributed by atoms with Crippen LogP contribution in [0.15, 0.2) is 42.7 Å². The van der Waals surface area contributed by atoms with E-state index >= 15 is 0 Å². The minimum absolute atomic E-state index is 0.168. The number of pyridine rings is 1. The van der Waals surface area contributed by atoms with E-state index in [-0.39, 0.29) is 6.04 Å². The van der Waals surface area contributed by atoms with Gasteiger partial charge in [-0.3, -0.25) is 4.98 Å². The Labute approximate surface area is 161 Å². The number of nitrogens with one attached hydrogen (secondary N) is 1. The smallest absolute Gasteiger partial charge is 0.173 e. The van der Waals surface area contributed by atoms with Gasteiger partial charge in [-0.1, -0.05) is 31.5 Å². The van der Waals surface area contributed by atoms with Crippen LogP contribution < -0.4 is 5.32 Å². The van der Waals surface area contributed by atoms with Gasteiger partial charge in [-0.2, -0.15) is 0 Å². The molecule has 0 aliphatic rings. The molecule has 2 rings (SSSR count). The summed E-state index contributed by atoms with van der Waals surface area (Å²) in [5.41, 5.74) is 3.16. The normalized spacial score (nSPS) is 12.1. The lowest BCUT2D eigenvalue weighted by molar-refractivity contribution is 0.318. The van der Waals surface area contributed by atoms with E-state index in [9.17, 15) is 0 Å². The van der Waals surface area contributed by atoms with Crippen molar-refractivity contribution in [2.24, 2.45) is 5.92 Å². The summed E-state index contributed by atoms with van der Waals surface area (Å²) < 4.78 is 0.